The van der Waals surface area contributed by atoms with E-state index in [0.29, 0.717) is 0 Å². The molecule has 1 aliphatic heterocycles. The van der Waals surface area contributed by atoms with Gasteiger partial charge in [0, 0.05) is 30.6 Å². The third-order valence-corrected chi connectivity index (χ3v) is 7.30. The SMILES string of the molecule is CCCCC1(CCCC)NSc2ccc(N(C)C)cc2C(c2ccccc2)C1O. The molecule has 158 valence electrons. The van der Waals surface area contributed by atoms with Crippen molar-refractivity contribution >= 4 is 17.6 Å². The number of nitrogens with zero attached hydrogens (tertiary/aromatic N) is 1. The van der Waals surface area contributed by atoms with E-state index in [0.717, 1.165) is 38.5 Å². The highest BCUT2D eigenvalue weighted by Gasteiger charge is 2.45. The Balaban J connectivity index is 2.13. The van der Waals surface area contributed by atoms with Crippen molar-refractivity contribution in [3.05, 3.63) is 59.7 Å². The summed E-state index contributed by atoms with van der Waals surface area (Å²) in [5.41, 5.74) is 3.31. The van der Waals surface area contributed by atoms with E-state index >= 15 is 0 Å². The second-order valence-corrected chi connectivity index (χ2v) is 9.37. The maximum absolute atomic E-state index is 12.0. The predicted molar refractivity (Wildman–Crippen MR) is 126 cm³/mol. The van der Waals surface area contributed by atoms with Crippen LogP contribution in [0.15, 0.2) is 53.4 Å². The molecular formula is C25H36N2OS. The van der Waals surface area contributed by atoms with Crippen molar-refractivity contribution in [1.82, 2.24) is 4.72 Å². The van der Waals surface area contributed by atoms with E-state index in [-0.39, 0.29) is 11.5 Å². The molecule has 3 nitrogen and oxygen atoms in total. The summed E-state index contributed by atoms with van der Waals surface area (Å²) in [7, 11) is 4.15. The van der Waals surface area contributed by atoms with Crippen LogP contribution < -0.4 is 9.62 Å². The van der Waals surface area contributed by atoms with Gasteiger partial charge in [0.1, 0.15) is 0 Å². The van der Waals surface area contributed by atoms with Crippen LogP contribution in [0.25, 0.3) is 0 Å². The molecular weight excluding hydrogens is 376 g/mol. The van der Waals surface area contributed by atoms with E-state index in [1.807, 2.05) is 0 Å². The molecule has 0 saturated heterocycles. The summed E-state index contributed by atoms with van der Waals surface area (Å²) >= 11 is 1.71. The molecule has 0 amide bonds. The lowest BCUT2D eigenvalue weighted by atomic mass is 9.73. The van der Waals surface area contributed by atoms with E-state index in [4.69, 9.17) is 0 Å². The Morgan fingerprint density at radius 3 is 2.24 bits per heavy atom. The average Bonchev–Trinajstić information content (AvgIpc) is 2.86. The number of aliphatic hydroxyl groups is 1. The number of unbranched alkanes of at least 4 members (excludes halogenated alkanes) is 2. The molecule has 2 aromatic rings. The number of hydrogen-bond donors (Lipinski definition) is 2. The molecule has 0 radical (unpaired) electrons. The molecule has 0 aliphatic carbocycles. The Kier molecular flexibility index (Phi) is 7.66. The number of fused-ring (bicyclic) bond motifs is 1. The molecule has 0 bridgehead atoms. The number of benzene rings is 2. The fourth-order valence-electron chi connectivity index (χ4n) is 4.39. The first-order chi connectivity index (χ1) is 14.0. The monoisotopic (exact) mass is 412 g/mol. The highest BCUT2D eigenvalue weighted by molar-refractivity contribution is 7.97. The summed E-state index contributed by atoms with van der Waals surface area (Å²) in [4.78, 5) is 3.36. The standard InChI is InChI=1S/C25H36N2OS/c1-5-7-16-25(17-8-6-2)24(28)23(19-12-10-9-11-13-19)21-18-20(27(3)4)14-15-22(21)29-26-25/h9-15,18,23-24,26,28H,5-8,16-17H2,1-4H3. The summed E-state index contributed by atoms with van der Waals surface area (Å²) in [6.45, 7) is 4.47. The van der Waals surface area contributed by atoms with Gasteiger partial charge in [0.15, 0.2) is 0 Å². The summed E-state index contributed by atoms with van der Waals surface area (Å²) in [6.07, 6.45) is 6.03. The van der Waals surface area contributed by atoms with Gasteiger partial charge in [0.25, 0.3) is 0 Å². The molecule has 0 fully saturated rings. The van der Waals surface area contributed by atoms with Crippen molar-refractivity contribution in [3.63, 3.8) is 0 Å². The Morgan fingerprint density at radius 1 is 1.00 bits per heavy atom. The Hall–Kier alpha value is -1.49. The van der Waals surface area contributed by atoms with Crippen molar-refractivity contribution in [1.29, 1.82) is 0 Å². The topological polar surface area (TPSA) is 35.5 Å². The van der Waals surface area contributed by atoms with E-state index < -0.39 is 6.10 Å². The fourth-order valence-corrected chi connectivity index (χ4v) is 5.46. The molecule has 1 heterocycles. The summed E-state index contributed by atoms with van der Waals surface area (Å²) in [6, 6.07) is 17.2. The number of rotatable bonds is 8. The summed E-state index contributed by atoms with van der Waals surface area (Å²) in [5.74, 6) is -0.0395. The zero-order valence-electron chi connectivity index (χ0n) is 18.3. The largest absolute Gasteiger partial charge is 0.390 e. The number of aliphatic hydroxyl groups excluding tert-OH is 1. The van der Waals surface area contributed by atoms with Crippen LogP contribution in [0, 0.1) is 0 Å². The first-order valence-electron chi connectivity index (χ1n) is 11.0. The Bertz CT molecular complexity index is 770. The van der Waals surface area contributed by atoms with Crippen LogP contribution in [0.3, 0.4) is 0 Å². The first-order valence-corrected chi connectivity index (χ1v) is 11.8. The van der Waals surface area contributed by atoms with Gasteiger partial charge in [-0.25, -0.2) is 0 Å². The minimum absolute atomic E-state index is 0.0395. The quantitative estimate of drug-likeness (QED) is 0.523. The number of hydrogen-bond acceptors (Lipinski definition) is 4. The van der Waals surface area contributed by atoms with Gasteiger partial charge in [0.05, 0.1) is 11.6 Å². The van der Waals surface area contributed by atoms with E-state index in [1.165, 1.54) is 21.7 Å². The number of nitrogens with one attached hydrogen (secondary N) is 1. The van der Waals surface area contributed by atoms with Gasteiger partial charge in [-0.15, -0.1) is 0 Å². The molecule has 0 aromatic heterocycles. The van der Waals surface area contributed by atoms with Gasteiger partial charge in [-0.1, -0.05) is 69.9 Å². The molecule has 4 heteroatoms. The number of anilines is 1. The normalized spacial score (nSPS) is 20.7. The van der Waals surface area contributed by atoms with Crippen LogP contribution in [-0.2, 0) is 0 Å². The van der Waals surface area contributed by atoms with Crippen LogP contribution >= 0.6 is 11.9 Å². The molecule has 1 aliphatic rings. The molecule has 2 unspecified atom stereocenters. The molecule has 0 saturated carbocycles. The zero-order valence-corrected chi connectivity index (χ0v) is 19.1. The molecule has 2 N–H and O–H groups in total. The van der Waals surface area contributed by atoms with Crippen molar-refractivity contribution in [2.45, 2.75) is 74.8 Å². The smallest absolute Gasteiger partial charge is 0.0839 e. The average molecular weight is 413 g/mol. The third-order valence-electron chi connectivity index (χ3n) is 6.20. The maximum Gasteiger partial charge on any atom is 0.0839 e. The molecule has 2 atom stereocenters. The first kappa shape index (κ1) is 22.2. The summed E-state index contributed by atoms with van der Waals surface area (Å²) < 4.78 is 3.77. The van der Waals surface area contributed by atoms with Gasteiger partial charge < -0.3 is 10.0 Å². The van der Waals surface area contributed by atoms with E-state index in [2.05, 4.69) is 86.1 Å². The van der Waals surface area contributed by atoms with Crippen LogP contribution in [0.2, 0.25) is 0 Å². The van der Waals surface area contributed by atoms with E-state index in [9.17, 15) is 5.11 Å². The molecule has 0 spiro atoms. The predicted octanol–water partition coefficient (Wildman–Crippen LogP) is 5.97. The molecule has 2 aromatic carbocycles. The molecule has 29 heavy (non-hydrogen) atoms. The second kappa shape index (κ2) is 10.0. The third kappa shape index (κ3) is 4.82. The lowest BCUT2D eigenvalue weighted by Gasteiger charge is -2.41. The zero-order chi connectivity index (χ0) is 20.9. The lowest BCUT2D eigenvalue weighted by Crippen LogP contribution is -2.53. The van der Waals surface area contributed by atoms with Crippen molar-refractivity contribution in [2.24, 2.45) is 0 Å². The van der Waals surface area contributed by atoms with Crippen LogP contribution in [0.5, 0.6) is 0 Å². The van der Waals surface area contributed by atoms with Gasteiger partial charge in [-0.05, 0) is 54.1 Å². The van der Waals surface area contributed by atoms with Crippen molar-refractivity contribution in [3.8, 4) is 0 Å². The van der Waals surface area contributed by atoms with Gasteiger partial charge in [0.2, 0.25) is 0 Å². The lowest BCUT2D eigenvalue weighted by molar-refractivity contribution is 0.0483. The van der Waals surface area contributed by atoms with Crippen molar-refractivity contribution in [2.75, 3.05) is 19.0 Å². The maximum atomic E-state index is 12.0. The fraction of sp³-hybridized carbons (Fsp3) is 0.520. The van der Waals surface area contributed by atoms with Gasteiger partial charge >= 0.3 is 0 Å². The summed E-state index contributed by atoms with van der Waals surface area (Å²) in [5, 5.41) is 12.0. The minimum Gasteiger partial charge on any atom is -0.390 e. The second-order valence-electron chi connectivity index (χ2n) is 8.52. The van der Waals surface area contributed by atoms with Crippen LogP contribution in [0.1, 0.15) is 69.4 Å². The Labute approximate surface area is 181 Å². The highest BCUT2D eigenvalue weighted by atomic mass is 32.2. The van der Waals surface area contributed by atoms with Gasteiger partial charge in [-0.2, -0.15) is 0 Å². The van der Waals surface area contributed by atoms with Crippen molar-refractivity contribution < 1.29 is 5.11 Å². The van der Waals surface area contributed by atoms with Gasteiger partial charge in [-0.3, -0.25) is 4.72 Å². The minimum atomic E-state index is -0.478. The molecule has 3 rings (SSSR count). The Morgan fingerprint density at radius 2 is 1.66 bits per heavy atom. The van der Waals surface area contributed by atoms with Crippen LogP contribution in [-0.4, -0.2) is 30.8 Å². The van der Waals surface area contributed by atoms with Crippen LogP contribution in [0.4, 0.5) is 5.69 Å². The van der Waals surface area contributed by atoms with E-state index in [1.54, 1.807) is 11.9 Å². The highest BCUT2D eigenvalue weighted by Crippen LogP contribution is 2.46.